The summed E-state index contributed by atoms with van der Waals surface area (Å²) in [5.41, 5.74) is 0. The number of rotatable bonds is 2. The van der Waals surface area contributed by atoms with Gasteiger partial charge in [0.1, 0.15) is 0 Å². The van der Waals surface area contributed by atoms with Crippen LogP contribution in [0.15, 0.2) is 0 Å². The Morgan fingerprint density at radius 3 is 2.24 bits per heavy atom. The van der Waals surface area contributed by atoms with Crippen LogP contribution in [0.2, 0.25) is 0 Å². The molecule has 0 amide bonds. The second kappa shape index (κ2) is 3.93. The van der Waals surface area contributed by atoms with E-state index in [1.807, 2.05) is 27.7 Å². The van der Waals surface area contributed by atoms with Crippen molar-refractivity contribution in [2.24, 2.45) is 0 Å². The third-order valence-corrected chi connectivity index (χ3v) is 8.00. The highest BCUT2D eigenvalue weighted by Crippen LogP contribution is 2.52. The minimum absolute atomic E-state index is 0.119. The number of nitrogens with zero attached hydrogens (tertiary/aromatic N) is 1. The van der Waals surface area contributed by atoms with Gasteiger partial charge in [-0.25, -0.2) is 8.42 Å². The fraction of sp³-hybridized carbons (Fsp3) is 1.00. The third-order valence-electron chi connectivity index (χ3n) is 4.66. The van der Waals surface area contributed by atoms with E-state index in [1.54, 1.807) is 0 Å². The van der Waals surface area contributed by atoms with Crippen LogP contribution in [0.25, 0.3) is 0 Å². The number of ether oxygens (including phenoxy) is 1. The van der Waals surface area contributed by atoms with Crippen LogP contribution in [-0.2, 0) is 14.6 Å². The molecule has 0 aromatic rings. The SMILES string of the molecule is CCC1(C)[C@@H](N2CCOCC2)C(C)(C)S1(=O)=O. The summed E-state index contributed by atoms with van der Waals surface area (Å²) in [6, 6.07) is 0.119. The van der Waals surface area contributed by atoms with Crippen LogP contribution in [0.4, 0.5) is 0 Å². The minimum atomic E-state index is -3.03. The Morgan fingerprint density at radius 2 is 1.76 bits per heavy atom. The summed E-state index contributed by atoms with van der Waals surface area (Å²) in [6.07, 6.45) is 0.681. The standard InChI is InChI=1S/C12H23NO3S/c1-5-12(4)10(11(2,3)17(12,14)15)13-6-8-16-9-7-13/h10H,5-9H2,1-4H3/t10-,12?/m0/s1. The fourth-order valence-electron chi connectivity index (χ4n) is 3.62. The van der Waals surface area contributed by atoms with Gasteiger partial charge in [0.25, 0.3) is 0 Å². The monoisotopic (exact) mass is 261 g/mol. The second-order valence-electron chi connectivity index (χ2n) is 5.82. The van der Waals surface area contributed by atoms with Gasteiger partial charge in [0.15, 0.2) is 9.84 Å². The van der Waals surface area contributed by atoms with Crippen molar-refractivity contribution < 1.29 is 13.2 Å². The van der Waals surface area contributed by atoms with Crippen LogP contribution in [0.1, 0.15) is 34.1 Å². The molecule has 0 saturated carbocycles. The second-order valence-corrected chi connectivity index (χ2v) is 8.82. The average molecular weight is 261 g/mol. The number of hydrogen-bond acceptors (Lipinski definition) is 4. The van der Waals surface area contributed by atoms with Crippen LogP contribution in [0, 0.1) is 0 Å². The first-order valence-electron chi connectivity index (χ1n) is 6.35. The quantitative estimate of drug-likeness (QED) is 0.746. The van der Waals surface area contributed by atoms with Gasteiger partial charge >= 0.3 is 0 Å². The molecule has 2 aliphatic rings. The molecule has 17 heavy (non-hydrogen) atoms. The summed E-state index contributed by atoms with van der Waals surface area (Å²) in [5, 5.41) is 0. The normalized spacial score (nSPS) is 40.8. The van der Waals surface area contributed by atoms with Gasteiger partial charge in [0.05, 0.1) is 22.7 Å². The van der Waals surface area contributed by atoms with Gasteiger partial charge in [0, 0.05) is 19.1 Å². The number of sulfone groups is 1. The smallest absolute Gasteiger partial charge is 0.164 e. The highest BCUT2D eigenvalue weighted by atomic mass is 32.2. The van der Waals surface area contributed by atoms with Crippen molar-refractivity contribution in [3.05, 3.63) is 0 Å². The van der Waals surface area contributed by atoms with Crippen LogP contribution in [0.3, 0.4) is 0 Å². The van der Waals surface area contributed by atoms with Crippen molar-refractivity contribution in [1.29, 1.82) is 0 Å². The average Bonchev–Trinajstić information content (AvgIpc) is 2.29. The molecule has 2 heterocycles. The van der Waals surface area contributed by atoms with Gasteiger partial charge in [-0.2, -0.15) is 0 Å². The van der Waals surface area contributed by atoms with E-state index in [4.69, 9.17) is 4.74 Å². The summed E-state index contributed by atoms with van der Waals surface area (Å²) in [5.74, 6) is 0. The summed E-state index contributed by atoms with van der Waals surface area (Å²) in [4.78, 5) is 2.30. The molecule has 0 bridgehead atoms. The first-order chi connectivity index (χ1) is 7.79. The van der Waals surface area contributed by atoms with Gasteiger partial charge in [-0.15, -0.1) is 0 Å². The van der Waals surface area contributed by atoms with E-state index in [0.717, 1.165) is 13.1 Å². The molecule has 0 aliphatic carbocycles. The fourth-order valence-corrected chi connectivity index (χ4v) is 6.45. The molecule has 0 spiro atoms. The molecule has 2 rings (SSSR count). The summed E-state index contributed by atoms with van der Waals surface area (Å²) < 4.78 is 29.0. The Morgan fingerprint density at radius 1 is 1.24 bits per heavy atom. The van der Waals surface area contributed by atoms with E-state index in [2.05, 4.69) is 4.90 Å². The Bertz CT molecular complexity index is 398. The molecule has 2 saturated heterocycles. The van der Waals surface area contributed by atoms with Gasteiger partial charge in [-0.1, -0.05) is 6.92 Å². The predicted octanol–water partition coefficient (Wildman–Crippen LogP) is 1.06. The zero-order chi connectivity index (χ0) is 12.9. The van der Waals surface area contributed by atoms with Crippen LogP contribution in [-0.4, -0.2) is 55.2 Å². The molecule has 5 heteroatoms. The molecule has 0 aromatic carbocycles. The Labute approximate surface area is 104 Å². The molecule has 0 aromatic heterocycles. The van der Waals surface area contributed by atoms with E-state index < -0.39 is 19.3 Å². The van der Waals surface area contributed by atoms with Crippen molar-refractivity contribution in [2.75, 3.05) is 26.3 Å². The Balaban J connectivity index is 2.32. The number of morpholine rings is 1. The third kappa shape index (κ3) is 1.52. The summed E-state index contributed by atoms with van der Waals surface area (Å²) >= 11 is 0. The molecule has 2 atom stereocenters. The van der Waals surface area contributed by atoms with Crippen LogP contribution >= 0.6 is 0 Å². The zero-order valence-electron chi connectivity index (χ0n) is 11.2. The maximum absolute atomic E-state index is 12.4. The molecule has 4 nitrogen and oxygen atoms in total. The predicted molar refractivity (Wildman–Crippen MR) is 67.9 cm³/mol. The molecule has 100 valence electrons. The molecule has 2 aliphatic heterocycles. The van der Waals surface area contributed by atoms with Crippen molar-refractivity contribution in [3.8, 4) is 0 Å². The molecule has 2 fully saturated rings. The summed E-state index contributed by atoms with van der Waals surface area (Å²) in [7, 11) is -3.03. The number of hydrogen-bond donors (Lipinski definition) is 0. The minimum Gasteiger partial charge on any atom is -0.379 e. The zero-order valence-corrected chi connectivity index (χ0v) is 12.0. The van der Waals surface area contributed by atoms with Crippen molar-refractivity contribution in [2.45, 2.75) is 49.7 Å². The van der Waals surface area contributed by atoms with Gasteiger partial charge in [0.2, 0.25) is 0 Å². The van der Waals surface area contributed by atoms with Gasteiger partial charge < -0.3 is 4.74 Å². The van der Waals surface area contributed by atoms with Crippen molar-refractivity contribution >= 4 is 9.84 Å². The van der Waals surface area contributed by atoms with Crippen molar-refractivity contribution in [1.82, 2.24) is 4.90 Å². The lowest BCUT2D eigenvalue weighted by Crippen LogP contribution is -2.79. The lowest BCUT2D eigenvalue weighted by Gasteiger charge is -2.61. The Hall–Kier alpha value is -0.130. The molecule has 1 unspecified atom stereocenters. The maximum atomic E-state index is 12.4. The van der Waals surface area contributed by atoms with E-state index in [9.17, 15) is 8.42 Å². The highest BCUT2D eigenvalue weighted by molar-refractivity contribution is 7.95. The first-order valence-corrected chi connectivity index (χ1v) is 7.83. The topological polar surface area (TPSA) is 46.6 Å². The van der Waals surface area contributed by atoms with Gasteiger partial charge in [-0.05, 0) is 27.2 Å². The molecular formula is C12H23NO3S. The van der Waals surface area contributed by atoms with Crippen LogP contribution < -0.4 is 0 Å². The molecule has 0 N–H and O–H groups in total. The largest absolute Gasteiger partial charge is 0.379 e. The lowest BCUT2D eigenvalue weighted by molar-refractivity contribution is -0.0107. The Kier molecular flexibility index (Phi) is 3.08. The van der Waals surface area contributed by atoms with E-state index in [1.165, 1.54) is 0 Å². The summed E-state index contributed by atoms with van der Waals surface area (Å²) in [6.45, 7) is 10.7. The molecular weight excluding hydrogens is 238 g/mol. The van der Waals surface area contributed by atoms with Crippen molar-refractivity contribution in [3.63, 3.8) is 0 Å². The molecule has 0 radical (unpaired) electrons. The van der Waals surface area contributed by atoms with E-state index in [0.29, 0.717) is 19.6 Å². The van der Waals surface area contributed by atoms with Gasteiger partial charge in [-0.3, -0.25) is 4.90 Å². The van der Waals surface area contributed by atoms with E-state index in [-0.39, 0.29) is 6.04 Å². The first kappa shape index (κ1) is 13.3. The highest BCUT2D eigenvalue weighted by Gasteiger charge is 2.70. The maximum Gasteiger partial charge on any atom is 0.164 e. The van der Waals surface area contributed by atoms with Crippen LogP contribution in [0.5, 0.6) is 0 Å². The lowest BCUT2D eigenvalue weighted by atomic mass is 9.84. The van der Waals surface area contributed by atoms with E-state index >= 15 is 0 Å².